The fourth-order valence-corrected chi connectivity index (χ4v) is 7.47. The average molecular weight is 821 g/mol. The van der Waals surface area contributed by atoms with Crippen LogP contribution in [0.3, 0.4) is 0 Å². The fraction of sp³-hybridized carbons (Fsp3) is 0.857. The Bertz CT molecular complexity index is 1090. The Morgan fingerprint density at radius 1 is 0.554 bits per heavy atom. The van der Waals surface area contributed by atoms with Gasteiger partial charge >= 0.3 is 19.8 Å². The number of allylic oxidation sites excluding steroid dienone is 4. The summed E-state index contributed by atoms with van der Waals surface area (Å²) < 4.78 is 33.4. The first kappa shape index (κ1) is 52.3. The Morgan fingerprint density at radius 2 is 0.964 bits per heavy atom. The molecular weight excluding hydrogens is 743 g/mol. The molecule has 1 rings (SSSR count). The van der Waals surface area contributed by atoms with Gasteiger partial charge in [-0.3, -0.25) is 18.6 Å². The molecule has 0 aliphatic heterocycles. The number of unbranched alkanes of at least 4 members (excludes halogenated alkanes) is 19. The molecule has 56 heavy (non-hydrogen) atoms. The van der Waals surface area contributed by atoms with Gasteiger partial charge in [0.2, 0.25) is 0 Å². The van der Waals surface area contributed by atoms with Gasteiger partial charge in [0.25, 0.3) is 0 Å². The molecule has 0 heterocycles. The van der Waals surface area contributed by atoms with Crippen LogP contribution < -0.4 is 0 Å². The van der Waals surface area contributed by atoms with Crippen LogP contribution in [0.15, 0.2) is 24.3 Å². The number of hydrogen-bond acceptors (Lipinski definition) is 12. The van der Waals surface area contributed by atoms with Crippen LogP contribution in [0.4, 0.5) is 0 Å². The van der Waals surface area contributed by atoms with Crippen molar-refractivity contribution < 1.29 is 63.1 Å². The topological polar surface area (TPSA) is 210 Å². The molecular formula is C42H77O13P. The Morgan fingerprint density at radius 3 is 1.48 bits per heavy atom. The van der Waals surface area contributed by atoms with Crippen molar-refractivity contribution in [3.8, 4) is 0 Å². The molecule has 1 saturated carbocycles. The van der Waals surface area contributed by atoms with Crippen LogP contribution in [0.25, 0.3) is 0 Å². The Hall–Kier alpha value is -1.67. The summed E-state index contributed by atoms with van der Waals surface area (Å²) in [6.07, 6.45) is 21.0. The maximum Gasteiger partial charge on any atom is 0.472 e. The number of carbonyl (C=O) groups excluding carboxylic acids is 2. The van der Waals surface area contributed by atoms with Crippen molar-refractivity contribution in [1.29, 1.82) is 0 Å². The third kappa shape index (κ3) is 25.6. The fourth-order valence-electron chi connectivity index (χ4n) is 6.49. The molecule has 14 heteroatoms. The number of hydrogen-bond donors (Lipinski definition) is 6. The summed E-state index contributed by atoms with van der Waals surface area (Å²) in [6.45, 7) is 3.24. The van der Waals surface area contributed by atoms with E-state index in [1.807, 2.05) is 0 Å². The molecule has 6 atom stereocenters. The molecule has 0 radical (unpaired) electrons. The number of esters is 2. The minimum atomic E-state index is -5.11. The van der Waals surface area contributed by atoms with E-state index in [9.17, 15) is 44.6 Å². The maximum absolute atomic E-state index is 12.8. The van der Waals surface area contributed by atoms with Gasteiger partial charge in [0.15, 0.2) is 6.10 Å². The molecule has 0 saturated heterocycles. The second kappa shape index (κ2) is 33.2. The molecule has 6 unspecified atom stereocenters. The van der Waals surface area contributed by atoms with Crippen LogP contribution in [0.1, 0.15) is 174 Å². The standard InChI is InChI=1S/C42H77O13P/c1-3-5-7-9-11-13-15-16-17-18-19-20-21-23-25-27-29-31-36(44)54-34(32-52-35(43)30-28-26-24-22-14-12-10-8-6-4-2)33-53-56(50,51)55-42-40(48)38(46)37(45)39(47)41(42)49/h11,13,16-17,34,37-42,45-49H,3-10,12,14-15,18-33H2,1-2H3,(H,50,51)/b13-11-,17-16-. The first-order valence-electron chi connectivity index (χ1n) is 21.6. The third-order valence-electron chi connectivity index (χ3n) is 10.0. The normalized spacial score (nSPS) is 23.1. The van der Waals surface area contributed by atoms with Gasteiger partial charge < -0.3 is 39.9 Å². The van der Waals surface area contributed by atoms with Crippen molar-refractivity contribution in [2.24, 2.45) is 0 Å². The minimum Gasteiger partial charge on any atom is -0.462 e. The van der Waals surface area contributed by atoms with Gasteiger partial charge in [0.05, 0.1) is 6.61 Å². The number of rotatable bonds is 35. The van der Waals surface area contributed by atoms with E-state index in [4.69, 9.17) is 18.5 Å². The maximum atomic E-state index is 12.8. The average Bonchev–Trinajstić information content (AvgIpc) is 3.18. The lowest BCUT2D eigenvalue weighted by Gasteiger charge is -2.41. The van der Waals surface area contributed by atoms with Crippen LogP contribution in [0, 0.1) is 0 Å². The smallest absolute Gasteiger partial charge is 0.462 e. The van der Waals surface area contributed by atoms with E-state index in [0.717, 1.165) is 77.0 Å². The van der Waals surface area contributed by atoms with Crippen LogP contribution >= 0.6 is 7.82 Å². The summed E-state index contributed by atoms with van der Waals surface area (Å²) >= 11 is 0. The third-order valence-corrected chi connectivity index (χ3v) is 11.0. The van der Waals surface area contributed by atoms with Gasteiger partial charge in [0.1, 0.15) is 43.2 Å². The lowest BCUT2D eigenvalue weighted by molar-refractivity contribution is -0.220. The van der Waals surface area contributed by atoms with Crippen molar-refractivity contribution in [2.45, 2.75) is 217 Å². The summed E-state index contributed by atoms with van der Waals surface area (Å²) in [5, 5.41) is 50.0. The van der Waals surface area contributed by atoms with Gasteiger partial charge in [-0.2, -0.15) is 0 Å². The summed E-state index contributed by atoms with van der Waals surface area (Å²) in [6, 6.07) is 0. The predicted octanol–water partition coefficient (Wildman–Crippen LogP) is 7.67. The van der Waals surface area contributed by atoms with E-state index in [2.05, 4.69) is 38.2 Å². The van der Waals surface area contributed by atoms with Gasteiger partial charge in [-0.25, -0.2) is 4.57 Å². The SMILES string of the molecule is CCCCC/C=C\C/C=C\CCCCCCCCCC(=O)OC(COC(=O)CCCCCCCCCCCC)COP(=O)(O)OC1C(O)C(O)C(O)C(O)C1O. The van der Waals surface area contributed by atoms with Gasteiger partial charge in [-0.1, -0.05) is 141 Å². The highest BCUT2D eigenvalue weighted by molar-refractivity contribution is 7.47. The number of aliphatic hydroxyl groups excluding tert-OH is 5. The van der Waals surface area contributed by atoms with Crippen molar-refractivity contribution >= 4 is 19.8 Å². The molecule has 0 aromatic heterocycles. The molecule has 1 aliphatic rings. The summed E-state index contributed by atoms with van der Waals surface area (Å²) in [5.41, 5.74) is 0. The largest absolute Gasteiger partial charge is 0.472 e. The number of aliphatic hydroxyl groups is 5. The zero-order chi connectivity index (χ0) is 41.4. The number of carbonyl (C=O) groups is 2. The second-order valence-electron chi connectivity index (χ2n) is 15.2. The molecule has 1 aliphatic carbocycles. The van der Waals surface area contributed by atoms with E-state index in [0.29, 0.717) is 12.8 Å². The van der Waals surface area contributed by atoms with Crippen LogP contribution in [-0.2, 0) is 32.7 Å². The van der Waals surface area contributed by atoms with Gasteiger partial charge in [0, 0.05) is 12.8 Å². The van der Waals surface area contributed by atoms with E-state index in [1.54, 1.807) is 0 Å². The Kier molecular flexibility index (Phi) is 31.0. The molecule has 0 aromatic rings. The van der Waals surface area contributed by atoms with E-state index >= 15 is 0 Å². The number of phosphoric ester groups is 1. The van der Waals surface area contributed by atoms with Crippen LogP contribution in [0.2, 0.25) is 0 Å². The molecule has 328 valence electrons. The van der Waals surface area contributed by atoms with E-state index in [1.165, 1.54) is 57.8 Å². The zero-order valence-corrected chi connectivity index (χ0v) is 35.3. The van der Waals surface area contributed by atoms with Gasteiger partial charge in [-0.15, -0.1) is 0 Å². The predicted molar refractivity (Wildman–Crippen MR) is 217 cm³/mol. The highest BCUT2D eigenvalue weighted by atomic mass is 31.2. The van der Waals surface area contributed by atoms with E-state index in [-0.39, 0.29) is 12.8 Å². The molecule has 13 nitrogen and oxygen atoms in total. The summed E-state index contributed by atoms with van der Waals surface area (Å²) in [5.74, 6) is -1.11. The summed E-state index contributed by atoms with van der Waals surface area (Å²) in [7, 11) is -5.11. The minimum absolute atomic E-state index is 0.0900. The van der Waals surface area contributed by atoms with Crippen molar-refractivity contribution in [3.63, 3.8) is 0 Å². The first-order valence-corrected chi connectivity index (χ1v) is 23.1. The van der Waals surface area contributed by atoms with Crippen molar-refractivity contribution in [1.82, 2.24) is 0 Å². The molecule has 0 amide bonds. The molecule has 1 fully saturated rings. The molecule has 0 aromatic carbocycles. The first-order chi connectivity index (χ1) is 26.9. The van der Waals surface area contributed by atoms with Crippen LogP contribution in [-0.4, -0.2) is 98.3 Å². The Labute approximate surface area is 336 Å². The van der Waals surface area contributed by atoms with Crippen LogP contribution in [0.5, 0.6) is 0 Å². The lowest BCUT2D eigenvalue weighted by Crippen LogP contribution is -2.64. The quantitative estimate of drug-likeness (QED) is 0.0157. The molecule has 6 N–H and O–H groups in total. The van der Waals surface area contributed by atoms with Crippen molar-refractivity contribution in [3.05, 3.63) is 24.3 Å². The van der Waals surface area contributed by atoms with Crippen molar-refractivity contribution in [2.75, 3.05) is 13.2 Å². The number of phosphoric acid groups is 1. The highest BCUT2D eigenvalue weighted by Gasteiger charge is 2.51. The van der Waals surface area contributed by atoms with E-state index < -0.39 is 75.7 Å². The Balaban J connectivity index is 2.48. The second-order valence-corrected chi connectivity index (χ2v) is 16.6. The number of ether oxygens (including phenoxy) is 2. The van der Waals surface area contributed by atoms with Gasteiger partial charge in [-0.05, 0) is 44.9 Å². The highest BCUT2D eigenvalue weighted by Crippen LogP contribution is 2.47. The monoisotopic (exact) mass is 821 g/mol. The zero-order valence-electron chi connectivity index (χ0n) is 34.4. The molecule has 0 spiro atoms. The molecule has 0 bridgehead atoms. The lowest BCUT2D eigenvalue weighted by atomic mass is 9.85. The summed E-state index contributed by atoms with van der Waals surface area (Å²) in [4.78, 5) is 35.5.